The summed E-state index contributed by atoms with van der Waals surface area (Å²) < 4.78 is 28.2. The Morgan fingerprint density at radius 2 is 2.06 bits per heavy atom. The van der Waals surface area contributed by atoms with Crippen molar-refractivity contribution >= 4 is 10.2 Å². The summed E-state index contributed by atoms with van der Waals surface area (Å²) in [5.74, 6) is 0. The SMILES string of the molecule is CCCCN(C)S(=O)(=O)N1C(C)CCCC1CN. The molecule has 1 rings (SSSR count). The lowest BCUT2D eigenvalue weighted by Gasteiger charge is -2.40. The molecule has 0 aromatic carbocycles. The molecule has 0 amide bonds. The van der Waals surface area contributed by atoms with Gasteiger partial charge in [-0.25, -0.2) is 0 Å². The van der Waals surface area contributed by atoms with E-state index in [1.165, 1.54) is 4.31 Å². The fourth-order valence-electron chi connectivity index (χ4n) is 2.56. The number of unbranched alkanes of at least 4 members (excludes halogenated alkanes) is 1. The van der Waals surface area contributed by atoms with Gasteiger partial charge in [-0.2, -0.15) is 17.0 Å². The maximum absolute atomic E-state index is 12.6. The van der Waals surface area contributed by atoms with Gasteiger partial charge in [0.1, 0.15) is 0 Å². The van der Waals surface area contributed by atoms with Crippen LogP contribution >= 0.6 is 0 Å². The summed E-state index contributed by atoms with van der Waals surface area (Å²) in [4.78, 5) is 0. The van der Waals surface area contributed by atoms with E-state index in [0.29, 0.717) is 13.1 Å². The van der Waals surface area contributed by atoms with E-state index in [1.54, 1.807) is 11.4 Å². The number of hydrogen-bond donors (Lipinski definition) is 1. The number of hydrogen-bond acceptors (Lipinski definition) is 3. The van der Waals surface area contributed by atoms with Gasteiger partial charge in [0, 0.05) is 32.2 Å². The molecule has 2 N–H and O–H groups in total. The van der Waals surface area contributed by atoms with Crippen molar-refractivity contribution in [3.8, 4) is 0 Å². The number of nitrogens with two attached hydrogens (primary N) is 1. The van der Waals surface area contributed by atoms with Crippen molar-refractivity contribution in [3.63, 3.8) is 0 Å². The summed E-state index contributed by atoms with van der Waals surface area (Å²) in [6.45, 7) is 5.03. The van der Waals surface area contributed by atoms with Crippen LogP contribution in [0.25, 0.3) is 0 Å². The average Bonchev–Trinajstić information content (AvgIpc) is 2.34. The van der Waals surface area contributed by atoms with Crippen LogP contribution in [0, 0.1) is 0 Å². The van der Waals surface area contributed by atoms with Crippen LogP contribution in [0.15, 0.2) is 0 Å². The normalized spacial score (nSPS) is 26.7. The van der Waals surface area contributed by atoms with Crippen molar-refractivity contribution in [1.29, 1.82) is 0 Å². The number of rotatable bonds is 6. The molecule has 1 heterocycles. The molecule has 1 aliphatic heterocycles. The van der Waals surface area contributed by atoms with Crippen LogP contribution in [-0.4, -0.2) is 49.2 Å². The third kappa shape index (κ3) is 3.44. The van der Waals surface area contributed by atoms with Crippen molar-refractivity contribution in [2.24, 2.45) is 5.73 Å². The molecule has 2 atom stereocenters. The quantitative estimate of drug-likeness (QED) is 0.792. The molecule has 0 aliphatic carbocycles. The molecule has 0 saturated carbocycles. The van der Waals surface area contributed by atoms with Gasteiger partial charge in [-0.1, -0.05) is 19.8 Å². The van der Waals surface area contributed by atoms with Gasteiger partial charge >= 0.3 is 0 Å². The van der Waals surface area contributed by atoms with E-state index in [-0.39, 0.29) is 12.1 Å². The minimum Gasteiger partial charge on any atom is -0.329 e. The molecule has 1 saturated heterocycles. The maximum atomic E-state index is 12.6. The molecule has 0 aromatic heterocycles. The van der Waals surface area contributed by atoms with Crippen molar-refractivity contribution in [1.82, 2.24) is 8.61 Å². The Morgan fingerprint density at radius 1 is 1.39 bits per heavy atom. The standard InChI is InChI=1S/C12H27N3O2S/c1-4-5-9-14(3)18(16,17)15-11(2)7-6-8-12(15)10-13/h11-12H,4-10,13H2,1-3H3. The second kappa shape index (κ2) is 6.84. The highest BCUT2D eigenvalue weighted by Crippen LogP contribution is 2.26. The molecule has 2 unspecified atom stereocenters. The molecular weight excluding hydrogens is 250 g/mol. The van der Waals surface area contributed by atoms with Crippen LogP contribution in [0.2, 0.25) is 0 Å². The van der Waals surface area contributed by atoms with E-state index in [0.717, 1.165) is 32.1 Å². The first-order chi connectivity index (χ1) is 8.45. The van der Waals surface area contributed by atoms with E-state index in [4.69, 9.17) is 5.73 Å². The second-order valence-corrected chi connectivity index (χ2v) is 7.12. The average molecular weight is 277 g/mol. The van der Waals surface area contributed by atoms with Gasteiger partial charge < -0.3 is 5.73 Å². The molecule has 0 aromatic rings. The molecular formula is C12H27N3O2S. The van der Waals surface area contributed by atoms with E-state index in [1.807, 2.05) is 6.92 Å². The smallest absolute Gasteiger partial charge is 0.282 e. The Labute approximate surface area is 112 Å². The highest BCUT2D eigenvalue weighted by atomic mass is 32.2. The molecule has 6 heteroatoms. The van der Waals surface area contributed by atoms with Crippen molar-refractivity contribution in [2.45, 2.75) is 58.0 Å². The predicted octanol–water partition coefficient (Wildman–Crippen LogP) is 1.16. The van der Waals surface area contributed by atoms with E-state index in [2.05, 4.69) is 6.92 Å². The van der Waals surface area contributed by atoms with E-state index >= 15 is 0 Å². The number of piperidine rings is 1. The van der Waals surface area contributed by atoms with Crippen LogP contribution in [0.4, 0.5) is 0 Å². The van der Waals surface area contributed by atoms with E-state index < -0.39 is 10.2 Å². The van der Waals surface area contributed by atoms with Crippen molar-refractivity contribution in [2.75, 3.05) is 20.1 Å². The van der Waals surface area contributed by atoms with Gasteiger partial charge in [0.15, 0.2) is 0 Å². The summed E-state index contributed by atoms with van der Waals surface area (Å²) in [7, 11) is -1.69. The third-order valence-electron chi connectivity index (χ3n) is 3.71. The summed E-state index contributed by atoms with van der Waals surface area (Å²) in [6, 6.07) is 0.0178. The Hall–Kier alpha value is -0.170. The second-order valence-electron chi connectivity index (χ2n) is 5.18. The molecule has 108 valence electrons. The first-order valence-corrected chi connectivity index (χ1v) is 8.29. The van der Waals surface area contributed by atoms with Crippen molar-refractivity contribution in [3.05, 3.63) is 0 Å². The van der Waals surface area contributed by atoms with Gasteiger partial charge in [0.25, 0.3) is 10.2 Å². The van der Waals surface area contributed by atoms with Gasteiger partial charge in [0.05, 0.1) is 0 Å². The molecule has 5 nitrogen and oxygen atoms in total. The maximum Gasteiger partial charge on any atom is 0.282 e. The third-order valence-corrected chi connectivity index (χ3v) is 5.87. The van der Waals surface area contributed by atoms with Gasteiger partial charge in [-0.15, -0.1) is 0 Å². The topological polar surface area (TPSA) is 66.6 Å². The predicted molar refractivity (Wildman–Crippen MR) is 74.5 cm³/mol. The Kier molecular flexibility index (Phi) is 6.04. The lowest BCUT2D eigenvalue weighted by atomic mass is 10.00. The summed E-state index contributed by atoms with van der Waals surface area (Å²) in [6.07, 6.45) is 4.76. The minimum absolute atomic E-state index is 0.0390. The fourth-order valence-corrected chi connectivity index (χ4v) is 4.37. The molecule has 0 radical (unpaired) electrons. The van der Waals surface area contributed by atoms with Crippen LogP contribution < -0.4 is 5.73 Å². The summed E-state index contributed by atoms with van der Waals surface area (Å²) >= 11 is 0. The summed E-state index contributed by atoms with van der Waals surface area (Å²) in [5.41, 5.74) is 5.73. The van der Waals surface area contributed by atoms with Gasteiger partial charge in [-0.3, -0.25) is 0 Å². The molecule has 18 heavy (non-hydrogen) atoms. The van der Waals surface area contributed by atoms with Gasteiger partial charge in [0.2, 0.25) is 0 Å². The first kappa shape index (κ1) is 15.9. The molecule has 0 bridgehead atoms. The first-order valence-electron chi connectivity index (χ1n) is 6.90. The minimum atomic E-state index is -3.36. The highest BCUT2D eigenvalue weighted by molar-refractivity contribution is 7.86. The Balaban J connectivity index is 2.85. The molecule has 1 fully saturated rings. The largest absolute Gasteiger partial charge is 0.329 e. The van der Waals surface area contributed by atoms with E-state index in [9.17, 15) is 8.42 Å². The monoisotopic (exact) mass is 277 g/mol. The highest BCUT2D eigenvalue weighted by Gasteiger charge is 2.38. The van der Waals surface area contributed by atoms with Crippen molar-refractivity contribution < 1.29 is 8.42 Å². The molecule has 0 spiro atoms. The van der Waals surface area contributed by atoms with Gasteiger partial charge in [-0.05, 0) is 26.2 Å². The van der Waals surface area contributed by atoms with Crippen LogP contribution in [0.3, 0.4) is 0 Å². The fraction of sp³-hybridized carbons (Fsp3) is 1.00. The van der Waals surface area contributed by atoms with Crippen LogP contribution in [-0.2, 0) is 10.2 Å². The lowest BCUT2D eigenvalue weighted by Crippen LogP contribution is -2.55. The number of nitrogens with zero attached hydrogens (tertiary/aromatic N) is 2. The zero-order valence-corrected chi connectivity index (χ0v) is 12.6. The molecule has 1 aliphatic rings. The Morgan fingerprint density at radius 3 is 2.61 bits per heavy atom. The Bertz CT molecular complexity index is 345. The van der Waals surface area contributed by atoms with Crippen LogP contribution in [0.5, 0.6) is 0 Å². The summed E-state index contributed by atoms with van der Waals surface area (Å²) in [5, 5.41) is 0. The zero-order chi connectivity index (χ0) is 13.8. The zero-order valence-electron chi connectivity index (χ0n) is 11.8. The lowest BCUT2D eigenvalue weighted by molar-refractivity contribution is 0.183. The van der Waals surface area contributed by atoms with Crippen LogP contribution in [0.1, 0.15) is 46.0 Å².